The number of ether oxygens (including phenoxy) is 1. The number of nitrogens with two attached hydrogens (primary N) is 1. The minimum absolute atomic E-state index is 0.0176. The van der Waals surface area contributed by atoms with E-state index in [1.54, 1.807) is 6.20 Å². The van der Waals surface area contributed by atoms with Crippen molar-refractivity contribution in [3.8, 4) is 5.75 Å². The van der Waals surface area contributed by atoms with Gasteiger partial charge in [-0.2, -0.15) is 0 Å². The number of amidine groups is 1. The first kappa shape index (κ1) is 11.8. The molecule has 3 rings (SSSR count). The lowest BCUT2D eigenvalue weighted by molar-refractivity contribution is 0.300. The number of aromatic nitrogens is 1. The number of hydrogen-bond acceptors (Lipinski definition) is 4. The number of benzene rings is 1. The Morgan fingerprint density at radius 1 is 1.42 bits per heavy atom. The summed E-state index contributed by atoms with van der Waals surface area (Å²) >= 11 is 0. The molecule has 0 bridgehead atoms. The zero-order chi connectivity index (χ0) is 13.2. The van der Waals surface area contributed by atoms with Crippen molar-refractivity contribution < 1.29 is 9.94 Å². The Kier molecular flexibility index (Phi) is 2.95. The fourth-order valence-electron chi connectivity index (χ4n) is 1.99. The first-order chi connectivity index (χ1) is 9.29. The molecular weight excluding hydrogens is 242 g/mol. The van der Waals surface area contributed by atoms with Crippen molar-refractivity contribution in [2.45, 2.75) is 12.8 Å². The second kappa shape index (κ2) is 4.76. The van der Waals surface area contributed by atoms with E-state index in [2.05, 4.69) is 10.1 Å². The van der Waals surface area contributed by atoms with Crippen LogP contribution in [0.15, 0.2) is 35.6 Å². The van der Waals surface area contributed by atoms with Gasteiger partial charge in [-0.1, -0.05) is 17.3 Å². The van der Waals surface area contributed by atoms with Gasteiger partial charge in [0.05, 0.1) is 17.7 Å². The van der Waals surface area contributed by atoms with Crippen molar-refractivity contribution in [2.75, 3.05) is 6.61 Å². The van der Waals surface area contributed by atoms with Crippen LogP contribution in [0.2, 0.25) is 0 Å². The summed E-state index contributed by atoms with van der Waals surface area (Å²) in [6.45, 7) is 0.666. The molecule has 0 spiro atoms. The maximum absolute atomic E-state index is 8.85. The standard InChI is InChI=1S/C14H15N3O2/c15-14(17-18)11-7-16-12-4-2-1-3-10(12)13(11)19-8-9-5-6-9/h1-4,7,9,18H,5-6,8H2,(H2,15,17). The van der Waals surface area contributed by atoms with Gasteiger partial charge in [-0.25, -0.2) is 0 Å². The normalized spacial score (nSPS) is 15.7. The van der Waals surface area contributed by atoms with E-state index in [0.29, 0.717) is 23.8 Å². The van der Waals surface area contributed by atoms with Gasteiger partial charge in [0.25, 0.3) is 0 Å². The summed E-state index contributed by atoms with van der Waals surface area (Å²) in [7, 11) is 0. The molecule has 0 amide bonds. The molecule has 1 aromatic heterocycles. The highest BCUT2D eigenvalue weighted by Crippen LogP contribution is 2.33. The SMILES string of the molecule is N/C(=N\O)c1cnc2ccccc2c1OCC1CC1. The van der Waals surface area contributed by atoms with Crippen LogP contribution in [-0.2, 0) is 0 Å². The largest absolute Gasteiger partial charge is 0.492 e. The molecule has 2 aromatic rings. The van der Waals surface area contributed by atoms with E-state index in [-0.39, 0.29) is 5.84 Å². The van der Waals surface area contributed by atoms with Crippen molar-refractivity contribution in [1.82, 2.24) is 4.98 Å². The van der Waals surface area contributed by atoms with Gasteiger partial charge in [0.2, 0.25) is 0 Å². The number of rotatable bonds is 4. The Bertz CT molecular complexity index is 636. The summed E-state index contributed by atoms with van der Waals surface area (Å²) < 4.78 is 5.89. The maximum atomic E-state index is 8.85. The second-order valence-corrected chi connectivity index (χ2v) is 4.76. The van der Waals surface area contributed by atoms with Crippen LogP contribution in [0.3, 0.4) is 0 Å². The van der Waals surface area contributed by atoms with E-state index in [0.717, 1.165) is 10.9 Å². The Labute approximate surface area is 110 Å². The fraction of sp³-hybridized carbons (Fsp3) is 0.286. The number of hydrogen-bond donors (Lipinski definition) is 2. The van der Waals surface area contributed by atoms with Gasteiger partial charge < -0.3 is 15.7 Å². The summed E-state index contributed by atoms with van der Waals surface area (Å²) in [5.41, 5.74) is 7.05. The average Bonchev–Trinajstić information content (AvgIpc) is 3.28. The smallest absolute Gasteiger partial charge is 0.175 e. The Morgan fingerprint density at radius 3 is 2.95 bits per heavy atom. The second-order valence-electron chi connectivity index (χ2n) is 4.76. The molecule has 5 heteroatoms. The van der Waals surface area contributed by atoms with Crippen molar-refractivity contribution >= 4 is 16.7 Å². The molecule has 19 heavy (non-hydrogen) atoms. The van der Waals surface area contributed by atoms with Crippen LogP contribution in [0.4, 0.5) is 0 Å². The number of pyridine rings is 1. The predicted octanol–water partition coefficient (Wildman–Crippen LogP) is 2.12. The molecule has 98 valence electrons. The lowest BCUT2D eigenvalue weighted by atomic mass is 10.1. The van der Waals surface area contributed by atoms with E-state index in [4.69, 9.17) is 15.7 Å². The summed E-state index contributed by atoms with van der Waals surface area (Å²) in [5.74, 6) is 1.30. The highest BCUT2D eigenvalue weighted by atomic mass is 16.5. The fourth-order valence-corrected chi connectivity index (χ4v) is 1.99. The zero-order valence-electron chi connectivity index (χ0n) is 10.4. The van der Waals surface area contributed by atoms with E-state index in [1.807, 2.05) is 24.3 Å². The Balaban J connectivity index is 2.09. The van der Waals surface area contributed by atoms with Gasteiger partial charge in [0, 0.05) is 11.6 Å². The quantitative estimate of drug-likeness (QED) is 0.380. The molecule has 1 aromatic carbocycles. The van der Waals surface area contributed by atoms with Crippen LogP contribution in [0, 0.1) is 5.92 Å². The van der Waals surface area contributed by atoms with Crippen molar-refractivity contribution in [2.24, 2.45) is 16.8 Å². The molecule has 3 N–H and O–H groups in total. The maximum Gasteiger partial charge on any atom is 0.175 e. The van der Waals surface area contributed by atoms with Crippen LogP contribution in [0.25, 0.3) is 10.9 Å². The number of oxime groups is 1. The molecule has 1 heterocycles. The molecule has 5 nitrogen and oxygen atoms in total. The van der Waals surface area contributed by atoms with Crippen LogP contribution < -0.4 is 10.5 Å². The van der Waals surface area contributed by atoms with E-state index < -0.39 is 0 Å². The minimum Gasteiger partial charge on any atom is -0.492 e. The molecule has 0 aliphatic heterocycles. The van der Waals surface area contributed by atoms with Gasteiger partial charge in [-0.05, 0) is 30.9 Å². The van der Waals surface area contributed by atoms with Gasteiger partial charge in [0.15, 0.2) is 5.84 Å². The third-order valence-electron chi connectivity index (χ3n) is 3.27. The molecule has 1 aliphatic rings. The first-order valence-electron chi connectivity index (χ1n) is 6.28. The van der Waals surface area contributed by atoms with Crippen LogP contribution in [0.5, 0.6) is 5.75 Å². The van der Waals surface area contributed by atoms with Crippen LogP contribution in [-0.4, -0.2) is 22.6 Å². The lowest BCUT2D eigenvalue weighted by Crippen LogP contribution is -2.16. The molecule has 0 unspecified atom stereocenters. The number of fused-ring (bicyclic) bond motifs is 1. The van der Waals surface area contributed by atoms with Gasteiger partial charge in [0.1, 0.15) is 5.75 Å². The average molecular weight is 257 g/mol. The highest BCUT2D eigenvalue weighted by molar-refractivity contribution is 6.04. The van der Waals surface area contributed by atoms with E-state index in [9.17, 15) is 0 Å². The summed E-state index contributed by atoms with van der Waals surface area (Å²) in [5, 5.41) is 12.8. The Hall–Kier alpha value is -2.30. The molecule has 0 radical (unpaired) electrons. The van der Waals surface area contributed by atoms with E-state index in [1.165, 1.54) is 12.8 Å². The number of para-hydroxylation sites is 1. The van der Waals surface area contributed by atoms with Gasteiger partial charge >= 0.3 is 0 Å². The van der Waals surface area contributed by atoms with Crippen molar-refractivity contribution in [3.05, 3.63) is 36.0 Å². The number of nitrogens with zero attached hydrogens (tertiary/aromatic N) is 2. The topological polar surface area (TPSA) is 80.7 Å². The highest BCUT2D eigenvalue weighted by Gasteiger charge is 2.23. The van der Waals surface area contributed by atoms with Crippen molar-refractivity contribution in [3.63, 3.8) is 0 Å². The molecule has 1 saturated carbocycles. The van der Waals surface area contributed by atoms with Crippen LogP contribution in [0.1, 0.15) is 18.4 Å². The van der Waals surface area contributed by atoms with Crippen molar-refractivity contribution in [1.29, 1.82) is 0 Å². The zero-order valence-corrected chi connectivity index (χ0v) is 10.4. The van der Waals surface area contributed by atoms with Gasteiger partial charge in [-0.3, -0.25) is 4.98 Å². The molecule has 1 aliphatic carbocycles. The first-order valence-corrected chi connectivity index (χ1v) is 6.28. The minimum atomic E-state index is 0.0176. The molecule has 1 fully saturated rings. The third-order valence-corrected chi connectivity index (χ3v) is 3.27. The molecule has 0 saturated heterocycles. The molecule has 0 atom stereocenters. The summed E-state index contributed by atoms with van der Waals surface area (Å²) in [6, 6.07) is 7.68. The monoisotopic (exact) mass is 257 g/mol. The summed E-state index contributed by atoms with van der Waals surface area (Å²) in [6.07, 6.45) is 4.00. The third kappa shape index (κ3) is 2.31. The molecular formula is C14H15N3O2. The Morgan fingerprint density at radius 2 is 2.21 bits per heavy atom. The summed E-state index contributed by atoms with van der Waals surface area (Å²) in [4.78, 5) is 4.30. The van der Waals surface area contributed by atoms with E-state index >= 15 is 0 Å². The lowest BCUT2D eigenvalue weighted by Gasteiger charge is -2.12. The van der Waals surface area contributed by atoms with Gasteiger partial charge in [-0.15, -0.1) is 0 Å². The predicted molar refractivity (Wildman–Crippen MR) is 72.5 cm³/mol. The van der Waals surface area contributed by atoms with Crippen LogP contribution >= 0.6 is 0 Å².